The number of carboxylic acid groups (broad SMARTS) is 1. The molecule has 3 rings (SSSR count). The minimum absolute atomic E-state index is 0.234. The second kappa shape index (κ2) is 2.37. The summed E-state index contributed by atoms with van der Waals surface area (Å²) in [5, 5.41) is 8.95. The molecule has 3 aliphatic rings. The summed E-state index contributed by atoms with van der Waals surface area (Å²) in [5.41, 5.74) is 0.971. The summed E-state index contributed by atoms with van der Waals surface area (Å²) in [6, 6.07) is 0. The van der Waals surface area contributed by atoms with Crippen LogP contribution in [0.4, 0.5) is 0 Å². The van der Waals surface area contributed by atoms with Crippen LogP contribution in [0.15, 0.2) is 11.6 Å². The summed E-state index contributed by atoms with van der Waals surface area (Å²) in [5.74, 6) is 0.587. The Kier molecular flexibility index (Phi) is 1.60. The SMILES string of the molecule is CC1C(C(=O)O)=CC2CC1C2(C)C. The quantitative estimate of drug-likeness (QED) is 0.672. The number of allylic oxidation sites excluding steroid dienone is 1. The average molecular weight is 180 g/mol. The van der Waals surface area contributed by atoms with E-state index in [1.165, 1.54) is 6.42 Å². The molecule has 0 radical (unpaired) electrons. The summed E-state index contributed by atoms with van der Waals surface area (Å²) in [7, 11) is 0. The van der Waals surface area contributed by atoms with Crippen LogP contribution in [0.5, 0.6) is 0 Å². The van der Waals surface area contributed by atoms with Crippen LogP contribution in [0.3, 0.4) is 0 Å². The molecule has 0 aromatic rings. The molecule has 13 heavy (non-hydrogen) atoms. The number of hydrogen-bond donors (Lipinski definition) is 1. The highest BCUT2D eigenvalue weighted by molar-refractivity contribution is 5.87. The summed E-state index contributed by atoms with van der Waals surface area (Å²) >= 11 is 0. The van der Waals surface area contributed by atoms with Gasteiger partial charge < -0.3 is 5.11 Å². The van der Waals surface area contributed by atoms with Crippen molar-refractivity contribution >= 4 is 5.97 Å². The van der Waals surface area contributed by atoms with Gasteiger partial charge in [0, 0.05) is 5.57 Å². The molecule has 2 nitrogen and oxygen atoms in total. The fraction of sp³-hybridized carbons (Fsp3) is 0.727. The molecule has 0 saturated heterocycles. The van der Waals surface area contributed by atoms with E-state index >= 15 is 0 Å². The Labute approximate surface area is 78.6 Å². The monoisotopic (exact) mass is 180 g/mol. The van der Waals surface area contributed by atoms with Gasteiger partial charge in [-0.05, 0) is 29.6 Å². The predicted octanol–water partition coefficient (Wildman–Crippen LogP) is 2.31. The molecule has 0 amide bonds. The summed E-state index contributed by atoms with van der Waals surface area (Å²) < 4.78 is 0. The van der Waals surface area contributed by atoms with Crippen molar-refractivity contribution in [1.82, 2.24) is 0 Å². The van der Waals surface area contributed by atoms with Gasteiger partial charge in [-0.15, -0.1) is 0 Å². The van der Waals surface area contributed by atoms with Crippen LogP contribution >= 0.6 is 0 Å². The molecule has 72 valence electrons. The highest BCUT2D eigenvalue weighted by Crippen LogP contribution is 2.60. The molecule has 1 N–H and O–H groups in total. The molecular weight excluding hydrogens is 164 g/mol. The molecule has 0 aromatic carbocycles. The molecule has 0 aliphatic heterocycles. The third kappa shape index (κ3) is 0.976. The zero-order chi connectivity index (χ0) is 9.80. The molecule has 3 atom stereocenters. The molecule has 0 spiro atoms. The van der Waals surface area contributed by atoms with Crippen LogP contribution in [0.1, 0.15) is 27.2 Å². The maximum atomic E-state index is 10.9. The molecule has 1 fully saturated rings. The Morgan fingerprint density at radius 1 is 1.62 bits per heavy atom. The molecule has 3 unspecified atom stereocenters. The number of carbonyl (C=O) groups is 1. The summed E-state index contributed by atoms with van der Waals surface area (Å²) in [6.07, 6.45) is 3.16. The molecule has 1 saturated carbocycles. The van der Waals surface area contributed by atoms with Crippen molar-refractivity contribution in [2.75, 3.05) is 0 Å². The van der Waals surface area contributed by atoms with E-state index in [2.05, 4.69) is 13.8 Å². The van der Waals surface area contributed by atoms with Gasteiger partial charge in [0.25, 0.3) is 0 Å². The first-order valence-electron chi connectivity index (χ1n) is 4.89. The van der Waals surface area contributed by atoms with E-state index in [9.17, 15) is 4.79 Å². The van der Waals surface area contributed by atoms with Gasteiger partial charge in [-0.1, -0.05) is 26.8 Å². The normalized spacial score (nSPS) is 40.5. The van der Waals surface area contributed by atoms with Crippen molar-refractivity contribution in [2.24, 2.45) is 23.2 Å². The molecule has 0 heterocycles. The van der Waals surface area contributed by atoms with Crippen molar-refractivity contribution in [3.05, 3.63) is 11.6 Å². The third-order valence-corrected chi connectivity index (χ3v) is 4.14. The average Bonchev–Trinajstić information content (AvgIpc) is 2.02. The number of carboxylic acids is 1. The van der Waals surface area contributed by atoms with Gasteiger partial charge in [0.2, 0.25) is 0 Å². The third-order valence-electron chi connectivity index (χ3n) is 4.14. The van der Waals surface area contributed by atoms with Crippen LogP contribution in [-0.4, -0.2) is 11.1 Å². The van der Waals surface area contributed by atoms with Crippen molar-refractivity contribution in [3.8, 4) is 0 Å². The smallest absolute Gasteiger partial charge is 0.331 e. The molecule has 3 aliphatic carbocycles. The first-order chi connectivity index (χ1) is 5.94. The Bertz CT molecular complexity index is 288. The van der Waals surface area contributed by atoms with Crippen LogP contribution < -0.4 is 0 Å². The van der Waals surface area contributed by atoms with E-state index in [0.29, 0.717) is 22.8 Å². The van der Waals surface area contributed by atoms with Gasteiger partial charge in [0.1, 0.15) is 0 Å². The largest absolute Gasteiger partial charge is 0.478 e. The van der Waals surface area contributed by atoms with Gasteiger partial charge in [-0.25, -0.2) is 4.79 Å². The van der Waals surface area contributed by atoms with Crippen molar-refractivity contribution in [3.63, 3.8) is 0 Å². The van der Waals surface area contributed by atoms with E-state index in [1.54, 1.807) is 0 Å². The van der Waals surface area contributed by atoms with Gasteiger partial charge in [0.05, 0.1) is 0 Å². The molecular formula is C11H16O2. The molecule has 2 heteroatoms. The van der Waals surface area contributed by atoms with Gasteiger partial charge in [-0.2, -0.15) is 0 Å². The van der Waals surface area contributed by atoms with E-state index in [4.69, 9.17) is 5.11 Å². The summed E-state index contributed by atoms with van der Waals surface area (Å²) in [4.78, 5) is 10.9. The fourth-order valence-electron chi connectivity index (χ4n) is 2.98. The van der Waals surface area contributed by atoms with E-state index < -0.39 is 5.97 Å². The van der Waals surface area contributed by atoms with Gasteiger partial charge in [-0.3, -0.25) is 0 Å². The van der Waals surface area contributed by atoms with Crippen molar-refractivity contribution in [2.45, 2.75) is 27.2 Å². The van der Waals surface area contributed by atoms with Crippen LogP contribution in [-0.2, 0) is 4.79 Å². The molecule has 0 aromatic heterocycles. The van der Waals surface area contributed by atoms with Gasteiger partial charge in [0.15, 0.2) is 0 Å². The summed E-state index contributed by atoms with van der Waals surface area (Å²) in [6.45, 7) is 6.54. The predicted molar refractivity (Wildman–Crippen MR) is 50.3 cm³/mol. The van der Waals surface area contributed by atoms with Crippen molar-refractivity contribution < 1.29 is 9.90 Å². The van der Waals surface area contributed by atoms with E-state index in [1.807, 2.05) is 13.0 Å². The number of aliphatic carboxylic acids is 1. The van der Waals surface area contributed by atoms with Crippen LogP contribution in [0.25, 0.3) is 0 Å². The second-order valence-corrected chi connectivity index (χ2v) is 4.99. The zero-order valence-electron chi connectivity index (χ0n) is 8.37. The Morgan fingerprint density at radius 2 is 2.23 bits per heavy atom. The number of rotatable bonds is 1. The standard InChI is InChI=1S/C11H16O2/c1-6-8(10(12)13)4-7-5-9(6)11(7,2)3/h4,6-7,9H,5H2,1-3H3,(H,12,13). The maximum absolute atomic E-state index is 10.9. The lowest BCUT2D eigenvalue weighted by Crippen LogP contribution is -2.51. The zero-order valence-corrected chi connectivity index (χ0v) is 8.37. The second-order valence-electron chi connectivity index (χ2n) is 4.99. The minimum atomic E-state index is -0.724. The first kappa shape index (κ1) is 8.79. The first-order valence-corrected chi connectivity index (χ1v) is 4.89. The number of fused-ring (bicyclic) bond motifs is 1. The highest BCUT2D eigenvalue weighted by Gasteiger charge is 2.53. The minimum Gasteiger partial charge on any atom is -0.478 e. The lowest BCUT2D eigenvalue weighted by Gasteiger charge is -2.57. The van der Waals surface area contributed by atoms with Crippen LogP contribution in [0.2, 0.25) is 0 Å². The van der Waals surface area contributed by atoms with Gasteiger partial charge >= 0.3 is 5.97 Å². The van der Waals surface area contributed by atoms with Crippen LogP contribution in [0, 0.1) is 23.2 Å². The fourth-order valence-corrected chi connectivity index (χ4v) is 2.98. The topological polar surface area (TPSA) is 37.3 Å². The highest BCUT2D eigenvalue weighted by atomic mass is 16.4. The maximum Gasteiger partial charge on any atom is 0.331 e. The lowest BCUT2D eigenvalue weighted by atomic mass is 9.47. The van der Waals surface area contributed by atoms with E-state index in [-0.39, 0.29) is 5.92 Å². The lowest BCUT2D eigenvalue weighted by molar-refractivity contribution is -0.135. The Hall–Kier alpha value is -0.790. The Balaban J connectivity index is 2.33. The van der Waals surface area contributed by atoms with E-state index in [0.717, 1.165) is 0 Å². The number of hydrogen-bond acceptors (Lipinski definition) is 1. The Morgan fingerprint density at radius 3 is 2.62 bits per heavy atom. The molecule has 2 bridgehead atoms. The van der Waals surface area contributed by atoms with Crippen molar-refractivity contribution in [1.29, 1.82) is 0 Å².